The van der Waals surface area contributed by atoms with E-state index in [-0.39, 0.29) is 25.7 Å². The Labute approximate surface area is 575 Å². The third-order valence-corrected chi connectivity index (χ3v) is 19.4. The minimum absolute atomic E-state index is 0.108. The van der Waals surface area contributed by atoms with Crippen LogP contribution in [0, 0.1) is 5.92 Å². The van der Waals surface area contributed by atoms with E-state index in [0.29, 0.717) is 25.7 Å². The Morgan fingerprint density at radius 3 is 0.723 bits per heavy atom. The highest BCUT2D eigenvalue weighted by Crippen LogP contribution is 2.45. The lowest BCUT2D eigenvalue weighted by molar-refractivity contribution is -0.161. The molecular weight excluding hydrogens is 1230 g/mol. The van der Waals surface area contributed by atoms with Crippen LogP contribution >= 0.6 is 15.6 Å². The van der Waals surface area contributed by atoms with Crippen molar-refractivity contribution < 1.29 is 80.2 Å². The lowest BCUT2D eigenvalue weighted by Crippen LogP contribution is -2.30. The zero-order valence-corrected chi connectivity index (χ0v) is 62.9. The van der Waals surface area contributed by atoms with Gasteiger partial charge in [-0.05, 0) is 31.6 Å². The van der Waals surface area contributed by atoms with Gasteiger partial charge in [0.2, 0.25) is 0 Å². The molecule has 0 spiro atoms. The Kier molecular flexibility index (Phi) is 66.8. The number of aliphatic hydroxyl groups is 1. The number of aliphatic hydroxyl groups excluding tert-OH is 1. The second kappa shape index (κ2) is 68.2. The summed E-state index contributed by atoms with van der Waals surface area (Å²) in [6.07, 6.45) is 56.8. The molecule has 0 aliphatic rings. The van der Waals surface area contributed by atoms with Gasteiger partial charge in [-0.15, -0.1) is 0 Å². The molecule has 0 rings (SSSR count). The molecule has 0 bridgehead atoms. The van der Waals surface area contributed by atoms with E-state index < -0.39 is 97.5 Å². The summed E-state index contributed by atoms with van der Waals surface area (Å²) in [5.74, 6) is -1.35. The van der Waals surface area contributed by atoms with Crippen molar-refractivity contribution >= 4 is 39.5 Å². The van der Waals surface area contributed by atoms with E-state index in [1.165, 1.54) is 218 Å². The van der Waals surface area contributed by atoms with Gasteiger partial charge >= 0.3 is 39.5 Å². The van der Waals surface area contributed by atoms with Gasteiger partial charge in [0.25, 0.3) is 0 Å². The predicted molar refractivity (Wildman–Crippen MR) is 382 cm³/mol. The molecule has 3 N–H and O–H groups in total. The minimum Gasteiger partial charge on any atom is -0.462 e. The van der Waals surface area contributed by atoms with Crippen LogP contribution in [0.5, 0.6) is 0 Å². The van der Waals surface area contributed by atoms with E-state index in [4.69, 9.17) is 37.0 Å². The first-order valence-corrected chi connectivity index (χ1v) is 42.1. The van der Waals surface area contributed by atoms with Gasteiger partial charge in [0.15, 0.2) is 12.2 Å². The van der Waals surface area contributed by atoms with Crippen LogP contribution in [0.25, 0.3) is 0 Å². The Hall–Kier alpha value is -1.94. The fourth-order valence-corrected chi connectivity index (χ4v) is 13.1. The molecule has 0 saturated heterocycles. The number of hydrogen-bond donors (Lipinski definition) is 3. The first-order valence-electron chi connectivity index (χ1n) is 39.1. The van der Waals surface area contributed by atoms with Crippen LogP contribution in [-0.2, 0) is 65.4 Å². The van der Waals surface area contributed by atoms with Gasteiger partial charge < -0.3 is 33.8 Å². The average molecular weight is 1380 g/mol. The number of ether oxygens (including phenoxy) is 4. The van der Waals surface area contributed by atoms with E-state index >= 15 is 0 Å². The van der Waals surface area contributed by atoms with Gasteiger partial charge in [0.05, 0.1) is 26.4 Å². The highest BCUT2D eigenvalue weighted by atomic mass is 31.2. The standard InChI is InChI=1S/C75H146O17P2/c1-6-9-12-15-18-21-24-26-27-28-29-30-32-34-41-46-51-56-61-75(80)92-71(65-86-73(78)59-54-49-44-39-36-35-37-42-47-52-57-68(4)5)67-90-94(83,84)88-63-69(76)62-87-93(81,82)89-66-70(64-85-72(77)58-53-48-43-38-23-20-17-14-11-8-3)91-74(79)60-55-50-45-40-33-31-25-22-19-16-13-10-7-2/h68-71,76H,6-67H2,1-5H3,(H,81,82)(H,83,84)/t69-,70+,71+/m0/s1. The first kappa shape index (κ1) is 92.1. The molecule has 0 aromatic rings. The Balaban J connectivity index is 5.23. The summed E-state index contributed by atoms with van der Waals surface area (Å²) in [6.45, 7) is 7.28. The summed E-state index contributed by atoms with van der Waals surface area (Å²) >= 11 is 0. The average Bonchev–Trinajstić information content (AvgIpc) is 1.63. The maximum Gasteiger partial charge on any atom is 0.472 e. The number of rotatable bonds is 75. The highest BCUT2D eigenvalue weighted by Gasteiger charge is 2.30. The zero-order chi connectivity index (χ0) is 69.1. The fourth-order valence-electron chi connectivity index (χ4n) is 11.5. The quantitative estimate of drug-likeness (QED) is 0.0222. The zero-order valence-electron chi connectivity index (χ0n) is 61.1. The molecule has 5 atom stereocenters. The number of phosphoric acid groups is 2. The fraction of sp³-hybridized carbons (Fsp3) is 0.947. The number of carbonyl (C=O) groups excluding carboxylic acids is 4. The molecule has 0 amide bonds. The SMILES string of the molecule is CCCCCCCCCCCCCCCCCCCCC(=O)O[C@H](COC(=O)CCCCCCCCCCCCC(C)C)COP(=O)(O)OC[C@@H](O)COP(=O)(O)OC[C@@H](COC(=O)CCCCCCCCCCCC)OC(=O)CCCCCCCCCCCCCCC. The van der Waals surface area contributed by atoms with Crippen LogP contribution in [0.15, 0.2) is 0 Å². The summed E-state index contributed by atoms with van der Waals surface area (Å²) in [5, 5.41) is 10.6. The number of hydrogen-bond acceptors (Lipinski definition) is 15. The summed E-state index contributed by atoms with van der Waals surface area (Å²) in [4.78, 5) is 72.7. The van der Waals surface area contributed by atoms with Crippen molar-refractivity contribution in [2.45, 2.75) is 412 Å². The largest absolute Gasteiger partial charge is 0.472 e. The van der Waals surface area contributed by atoms with E-state index in [2.05, 4.69) is 34.6 Å². The predicted octanol–water partition coefficient (Wildman–Crippen LogP) is 22.1. The number of phosphoric ester groups is 2. The molecule has 0 aromatic heterocycles. The lowest BCUT2D eigenvalue weighted by Gasteiger charge is -2.21. The summed E-state index contributed by atoms with van der Waals surface area (Å²) < 4.78 is 68.5. The second-order valence-corrected chi connectivity index (χ2v) is 30.4. The Morgan fingerprint density at radius 2 is 0.489 bits per heavy atom. The molecule has 19 heteroatoms. The molecule has 0 heterocycles. The molecule has 0 aliphatic carbocycles. The molecule has 2 unspecified atom stereocenters. The van der Waals surface area contributed by atoms with Crippen molar-refractivity contribution in [1.29, 1.82) is 0 Å². The van der Waals surface area contributed by atoms with E-state index in [9.17, 15) is 43.2 Å². The second-order valence-electron chi connectivity index (χ2n) is 27.5. The monoisotopic (exact) mass is 1380 g/mol. The molecule has 0 saturated carbocycles. The molecule has 17 nitrogen and oxygen atoms in total. The summed E-state index contributed by atoms with van der Waals surface area (Å²) in [7, 11) is -9.91. The summed E-state index contributed by atoms with van der Waals surface area (Å²) in [5.41, 5.74) is 0. The van der Waals surface area contributed by atoms with Crippen LogP contribution in [0.4, 0.5) is 0 Å². The molecule has 0 fully saturated rings. The van der Waals surface area contributed by atoms with E-state index in [1.54, 1.807) is 0 Å². The summed E-state index contributed by atoms with van der Waals surface area (Å²) in [6, 6.07) is 0. The van der Waals surface area contributed by atoms with Crippen LogP contribution in [0.2, 0.25) is 0 Å². The van der Waals surface area contributed by atoms with Gasteiger partial charge in [-0.2, -0.15) is 0 Å². The maximum absolute atomic E-state index is 13.1. The topological polar surface area (TPSA) is 237 Å². The van der Waals surface area contributed by atoms with Gasteiger partial charge in [-0.1, -0.05) is 343 Å². The lowest BCUT2D eigenvalue weighted by atomic mass is 10.0. The maximum atomic E-state index is 13.1. The molecule has 94 heavy (non-hydrogen) atoms. The number of unbranched alkanes of at least 4 members (excludes halogenated alkanes) is 47. The number of esters is 4. The minimum atomic E-state index is -4.96. The van der Waals surface area contributed by atoms with Crippen molar-refractivity contribution in [2.24, 2.45) is 5.92 Å². The van der Waals surface area contributed by atoms with Crippen molar-refractivity contribution in [2.75, 3.05) is 39.6 Å². The number of carbonyl (C=O) groups is 4. The van der Waals surface area contributed by atoms with Gasteiger partial charge in [0.1, 0.15) is 19.3 Å². The van der Waals surface area contributed by atoms with Crippen LogP contribution in [0.1, 0.15) is 394 Å². The van der Waals surface area contributed by atoms with Crippen LogP contribution < -0.4 is 0 Å². The van der Waals surface area contributed by atoms with Gasteiger partial charge in [0, 0.05) is 25.7 Å². The van der Waals surface area contributed by atoms with Gasteiger partial charge in [-0.3, -0.25) is 37.3 Å². The normalized spacial score (nSPS) is 14.0. The molecule has 0 aliphatic heterocycles. The van der Waals surface area contributed by atoms with Gasteiger partial charge in [-0.25, -0.2) is 9.13 Å². The molecular formula is C75H146O17P2. The van der Waals surface area contributed by atoms with Crippen molar-refractivity contribution in [3.63, 3.8) is 0 Å². The van der Waals surface area contributed by atoms with E-state index in [1.807, 2.05) is 0 Å². The molecule has 0 radical (unpaired) electrons. The third-order valence-electron chi connectivity index (χ3n) is 17.5. The van der Waals surface area contributed by atoms with E-state index in [0.717, 1.165) is 95.8 Å². The smallest absolute Gasteiger partial charge is 0.462 e. The first-order chi connectivity index (χ1) is 45.5. The van der Waals surface area contributed by atoms with Crippen molar-refractivity contribution in [3.8, 4) is 0 Å². The highest BCUT2D eigenvalue weighted by molar-refractivity contribution is 7.47. The Bertz CT molecular complexity index is 1810. The van der Waals surface area contributed by atoms with Crippen molar-refractivity contribution in [3.05, 3.63) is 0 Å². The van der Waals surface area contributed by atoms with Crippen LogP contribution in [-0.4, -0.2) is 96.7 Å². The third kappa shape index (κ3) is 68.6. The van der Waals surface area contributed by atoms with Crippen LogP contribution in [0.3, 0.4) is 0 Å². The molecule has 0 aromatic carbocycles. The van der Waals surface area contributed by atoms with Crippen molar-refractivity contribution in [1.82, 2.24) is 0 Å². The Morgan fingerprint density at radius 1 is 0.287 bits per heavy atom. The molecule has 558 valence electrons.